The fraction of sp³-hybridized carbons (Fsp3) is 0.421. The lowest BCUT2D eigenvalue weighted by Crippen LogP contribution is -2.54. The topological polar surface area (TPSA) is 115 Å². The molecule has 0 bridgehead atoms. The Hall–Kier alpha value is -2.69. The molecule has 1 aliphatic rings. The minimum Gasteiger partial charge on any atom is -0.394 e. The molecule has 0 radical (unpaired) electrons. The van der Waals surface area contributed by atoms with Crippen molar-refractivity contribution in [2.24, 2.45) is 11.7 Å². The molecule has 1 fully saturated rings. The lowest BCUT2D eigenvalue weighted by atomic mass is 9.94. The van der Waals surface area contributed by atoms with E-state index in [0.29, 0.717) is 23.5 Å². The Kier molecular flexibility index (Phi) is 5.35. The van der Waals surface area contributed by atoms with E-state index in [1.807, 2.05) is 18.2 Å². The van der Waals surface area contributed by atoms with E-state index in [2.05, 4.69) is 28.2 Å². The largest absolute Gasteiger partial charge is 0.394 e. The second-order valence-corrected chi connectivity index (χ2v) is 6.88. The first-order valence-electron chi connectivity index (χ1n) is 8.73. The minimum atomic E-state index is -0.902. The molecule has 1 aromatic carbocycles. The van der Waals surface area contributed by atoms with Crippen LogP contribution < -0.4 is 16.0 Å². The van der Waals surface area contributed by atoms with Gasteiger partial charge < -0.3 is 21.1 Å². The molecule has 3 rings (SSSR count). The third-order valence-electron chi connectivity index (χ3n) is 4.75. The van der Waals surface area contributed by atoms with E-state index in [-0.39, 0.29) is 18.6 Å². The van der Waals surface area contributed by atoms with Crippen molar-refractivity contribution in [2.45, 2.75) is 25.4 Å². The van der Waals surface area contributed by atoms with Gasteiger partial charge in [0, 0.05) is 36.4 Å². The number of nitriles is 1. The van der Waals surface area contributed by atoms with Crippen molar-refractivity contribution >= 4 is 22.5 Å². The molecule has 1 aromatic heterocycles. The molecule has 2 aromatic rings. The number of nitrogens with one attached hydrogen (secondary N) is 1. The van der Waals surface area contributed by atoms with E-state index in [4.69, 9.17) is 10.8 Å². The number of aliphatic hydroxyl groups excluding tert-OH is 1. The first kappa shape index (κ1) is 18.1. The highest BCUT2D eigenvalue weighted by Crippen LogP contribution is 2.31. The number of rotatable bonds is 4. The Bertz CT molecular complexity index is 847. The number of nitrogens with zero attached hydrogens (tertiary/aromatic N) is 3. The third-order valence-corrected chi connectivity index (χ3v) is 4.75. The number of piperidine rings is 1. The number of carbonyl (C=O) groups excluding carboxylic acids is 1. The maximum Gasteiger partial charge on any atom is 0.239 e. The summed E-state index contributed by atoms with van der Waals surface area (Å²) < 4.78 is 0. The smallest absolute Gasteiger partial charge is 0.239 e. The highest BCUT2D eigenvalue weighted by molar-refractivity contribution is 5.95. The van der Waals surface area contributed by atoms with Crippen LogP contribution in [-0.4, -0.2) is 47.8 Å². The fourth-order valence-electron chi connectivity index (χ4n) is 3.57. The molecular weight excluding hydrogens is 330 g/mol. The number of aromatic nitrogens is 1. The van der Waals surface area contributed by atoms with Gasteiger partial charge in [-0.05, 0) is 36.6 Å². The van der Waals surface area contributed by atoms with Crippen LogP contribution in [0.5, 0.6) is 0 Å². The summed E-state index contributed by atoms with van der Waals surface area (Å²) in [6.07, 6.45) is 2.54. The van der Waals surface area contributed by atoms with Crippen LogP contribution in [-0.2, 0) is 4.79 Å². The van der Waals surface area contributed by atoms with Crippen LogP contribution in [0.3, 0.4) is 0 Å². The zero-order valence-corrected chi connectivity index (χ0v) is 14.7. The van der Waals surface area contributed by atoms with Crippen LogP contribution in [0.1, 0.15) is 18.9 Å². The van der Waals surface area contributed by atoms with Crippen molar-refractivity contribution in [3.63, 3.8) is 0 Å². The van der Waals surface area contributed by atoms with Gasteiger partial charge in [0.25, 0.3) is 0 Å². The van der Waals surface area contributed by atoms with Crippen LogP contribution in [0.15, 0.2) is 30.5 Å². The molecule has 0 saturated carbocycles. The molecular formula is C19H23N5O2. The van der Waals surface area contributed by atoms with Crippen molar-refractivity contribution in [3.05, 3.63) is 36.0 Å². The number of hydrogen-bond donors (Lipinski definition) is 3. The van der Waals surface area contributed by atoms with Gasteiger partial charge in [-0.1, -0.05) is 6.92 Å². The molecule has 1 unspecified atom stereocenters. The molecule has 26 heavy (non-hydrogen) atoms. The SMILES string of the molecule is C[C@H]1C[C@@H](NC(=O)C(N)CO)CN(c2ccc(C#N)c3ncccc23)C1. The van der Waals surface area contributed by atoms with E-state index in [1.54, 1.807) is 12.3 Å². The van der Waals surface area contributed by atoms with E-state index in [9.17, 15) is 10.1 Å². The molecule has 0 aliphatic carbocycles. The summed E-state index contributed by atoms with van der Waals surface area (Å²) in [5.41, 5.74) is 7.85. The van der Waals surface area contributed by atoms with Crippen molar-refractivity contribution in [3.8, 4) is 6.07 Å². The predicted molar refractivity (Wildman–Crippen MR) is 99.4 cm³/mol. The number of amides is 1. The molecule has 1 amide bonds. The highest BCUT2D eigenvalue weighted by Gasteiger charge is 2.28. The van der Waals surface area contributed by atoms with Crippen molar-refractivity contribution in [2.75, 3.05) is 24.6 Å². The number of aliphatic hydroxyl groups is 1. The zero-order chi connectivity index (χ0) is 18.7. The Morgan fingerprint density at radius 2 is 2.31 bits per heavy atom. The summed E-state index contributed by atoms with van der Waals surface area (Å²) in [4.78, 5) is 18.6. The second kappa shape index (κ2) is 7.68. The standard InChI is InChI=1S/C19H23N5O2/c1-12-7-14(23-19(26)16(21)11-25)10-24(9-12)17-5-4-13(8-20)18-15(17)3-2-6-22-18/h2-6,12,14,16,25H,7,9-11,21H2,1H3,(H,23,26)/t12-,14+,16?/m0/s1. The van der Waals surface area contributed by atoms with Gasteiger partial charge in [-0.15, -0.1) is 0 Å². The van der Waals surface area contributed by atoms with Crippen LogP contribution in [0.2, 0.25) is 0 Å². The second-order valence-electron chi connectivity index (χ2n) is 6.88. The maximum absolute atomic E-state index is 12.0. The number of hydrogen-bond acceptors (Lipinski definition) is 6. The predicted octanol–water partition coefficient (Wildman–Crippen LogP) is 0.757. The van der Waals surface area contributed by atoms with Crippen LogP contribution in [0.25, 0.3) is 10.9 Å². The fourth-order valence-corrected chi connectivity index (χ4v) is 3.57. The van der Waals surface area contributed by atoms with Crippen LogP contribution in [0.4, 0.5) is 5.69 Å². The van der Waals surface area contributed by atoms with Crippen molar-refractivity contribution in [1.29, 1.82) is 5.26 Å². The minimum absolute atomic E-state index is 0.0498. The Labute approximate surface area is 152 Å². The summed E-state index contributed by atoms with van der Waals surface area (Å²) >= 11 is 0. The summed E-state index contributed by atoms with van der Waals surface area (Å²) in [5.74, 6) is 0.0414. The van der Waals surface area contributed by atoms with Crippen molar-refractivity contribution < 1.29 is 9.90 Å². The van der Waals surface area contributed by atoms with E-state index >= 15 is 0 Å². The number of fused-ring (bicyclic) bond motifs is 1. The van der Waals surface area contributed by atoms with E-state index in [0.717, 1.165) is 24.0 Å². The molecule has 0 spiro atoms. The normalized spacial score (nSPS) is 21.2. The van der Waals surface area contributed by atoms with Gasteiger partial charge in [0.15, 0.2) is 0 Å². The summed E-state index contributed by atoms with van der Waals surface area (Å²) in [6.45, 7) is 3.27. The highest BCUT2D eigenvalue weighted by atomic mass is 16.3. The number of nitrogens with two attached hydrogens (primary N) is 1. The van der Waals surface area contributed by atoms with Crippen LogP contribution in [0, 0.1) is 17.2 Å². The molecule has 3 atom stereocenters. The summed E-state index contributed by atoms with van der Waals surface area (Å²) in [5, 5.41) is 22.2. The van der Waals surface area contributed by atoms with Gasteiger partial charge in [-0.25, -0.2) is 0 Å². The van der Waals surface area contributed by atoms with E-state index in [1.165, 1.54) is 0 Å². The van der Waals surface area contributed by atoms with Gasteiger partial charge in [-0.3, -0.25) is 9.78 Å². The third kappa shape index (κ3) is 3.62. The monoisotopic (exact) mass is 353 g/mol. The molecule has 136 valence electrons. The summed E-state index contributed by atoms with van der Waals surface area (Å²) in [6, 6.07) is 8.80. The number of benzene rings is 1. The number of carbonyl (C=O) groups is 1. The lowest BCUT2D eigenvalue weighted by Gasteiger charge is -2.39. The molecule has 7 heteroatoms. The molecule has 7 nitrogen and oxygen atoms in total. The Balaban J connectivity index is 1.88. The van der Waals surface area contributed by atoms with E-state index < -0.39 is 6.04 Å². The van der Waals surface area contributed by atoms with Crippen molar-refractivity contribution in [1.82, 2.24) is 10.3 Å². The number of anilines is 1. The zero-order valence-electron chi connectivity index (χ0n) is 14.7. The Morgan fingerprint density at radius 1 is 1.50 bits per heavy atom. The molecule has 1 saturated heterocycles. The number of pyridine rings is 1. The molecule has 2 heterocycles. The average molecular weight is 353 g/mol. The van der Waals surface area contributed by atoms with Gasteiger partial charge in [-0.2, -0.15) is 5.26 Å². The summed E-state index contributed by atoms with van der Waals surface area (Å²) in [7, 11) is 0. The van der Waals surface area contributed by atoms with Gasteiger partial charge in [0.05, 0.1) is 17.7 Å². The lowest BCUT2D eigenvalue weighted by molar-refractivity contribution is -0.124. The quantitative estimate of drug-likeness (QED) is 0.747. The first-order chi connectivity index (χ1) is 12.5. The first-order valence-corrected chi connectivity index (χ1v) is 8.73. The maximum atomic E-state index is 12.0. The molecule has 4 N–H and O–H groups in total. The molecule has 1 aliphatic heterocycles. The van der Waals surface area contributed by atoms with Gasteiger partial charge >= 0.3 is 0 Å². The van der Waals surface area contributed by atoms with Gasteiger partial charge in [0.2, 0.25) is 5.91 Å². The average Bonchev–Trinajstić information content (AvgIpc) is 2.65. The van der Waals surface area contributed by atoms with Crippen LogP contribution >= 0.6 is 0 Å². The Morgan fingerprint density at radius 3 is 3.04 bits per heavy atom. The van der Waals surface area contributed by atoms with Gasteiger partial charge in [0.1, 0.15) is 12.1 Å².